The van der Waals surface area contributed by atoms with Crippen LogP contribution >= 0.6 is 0 Å². The molecule has 20 heavy (non-hydrogen) atoms. The Morgan fingerprint density at radius 3 is 2.90 bits per heavy atom. The Hall–Kier alpha value is -2.21. The van der Waals surface area contributed by atoms with Gasteiger partial charge in [0.2, 0.25) is 0 Å². The summed E-state index contributed by atoms with van der Waals surface area (Å²) in [5, 5.41) is 6.57. The van der Waals surface area contributed by atoms with Crippen LogP contribution in [0.4, 0.5) is 11.5 Å². The van der Waals surface area contributed by atoms with Crippen molar-refractivity contribution in [1.29, 1.82) is 0 Å². The Balaban J connectivity index is 1.67. The summed E-state index contributed by atoms with van der Waals surface area (Å²) in [6, 6.07) is 5.82. The molecule has 6 nitrogen and oxygen atoms in total. The smallest absolute Gasteiger partial charge is 0.129 e. The number of nitrogens with zero attached hydrogens (tertiary/aromatic N) is 3. The Morgan fingerprint density at radius 1 is 1.20 bits per heavy atom. The van der Waals surface area contributed by atoms with Gasteiger partial charge in [0.15, 0.2) is 0 Å². The molecule has 2 aromatic rings. The quantitative estimate of drug-likeness (QED) is 0.716. The zero-order valence-electron chi connectivity index (χ0n) is 11.5. The Morgan fingerprint density at radius 2 is 2.10 bits per heavy atom. The zero-order valence-corrected chi connectivity index (χ0v) is 11.5. The maximum atomic E-state index is 5.04. The molecular formula is C14H19N5O. The van der Waals surface area contributed by atoms with E-state index in [1.807, 2.05) is 24.4 Å². The van der Waals surface area contributed by atoms with Gasteiger partial charge in [0.05, 0.1) is 18.0 Å². The number of nitrogens with one attached hydrogen (secondary N) is 2. The van der Waals surface area contributed by atoms with E-state index in [0.717, 1.165) is 36.7 Å². The fourth-order valence-electron chi connectivity index (χ4n) is 1.73. The first-order valence-electron chi connectivity index (χ1n) is 6.56. The first-order chi connectivity index (χ1) is 9.88. The predicted molar refractivity (Wildman–Crippen MR) is 78.6 cm³/mol. The van der Waals surface area contributed by atoms with E-state index < -0.39 is 0 Å². The fraction of sp³-hybridized carbons (Fsp3) is 0.357. The van der Waals surface area contributed by atoms with Crippen LogP contribution in [0.1, 0.15) is 12.1 Å². The Bertz CT molecular complexity index is 506. The van der Waals surface area contributed by atoms with Crippen molar-refractivity contribution in [3.8, 4) is 0 Å². The molecule has 0 saturated carbocycles. The lowest BCUT2D eigenvalue weighted by molar-refractivity contribution is 0.181. The van der Waals surface area contributed by atoms with E-state index in [0.29, 0.717) is 6.61 Å². The maximum Gasteiger partial charge on any atom is 0.129 e. The van der Waals surface area contributed by atoms with Gasteiger partial charge < -0.3 is 15.4 Å². The molecule has 0 spiro atoms. The van der Waals surface area contributed by atoms with Crippen LogP contribution in [0.5, 0.6) is 0 Å². The van der Waals surface area contributed by atoms with E-state index in [1.165, 1.54) is 0 Å². The van der Waals surface area contributed by atoms with E-state index in [-0.39, 0.29) is 0 Å². The van der Waals surface area contributed by atoms with Crippen molar-refractivity contribution in [2.24, 2.45) is 0 Å². The summed E-state index contributed by atoms with van der Waals surface area (Å²) < 4.78 is 5.04. The monoisotopic (exact) mass is 273 g/mol. The minimum atomic E-state index is 0.500. The molecule has 0 saturated heterocycles. The molecule has 2 rings (SSSR count). The largest absolute Gasteiger partial charge is 0.384 e. The lowest BCUT2D eigenvalue weighted by Gasteiger charge is -2.08. The molecule has 0 radical (unpaired) electrons. The van der Waals surface area contributed by atoms with Crippen LogP contribution in [-0.2, 0) is 11.3 Å². The van der Waals surface area contributed by atoms with E-state index >= 15 is 0 Å². The Kier molecular flexibility index (Phi) is 5.72. The highest BCUT2D eigenvalue weighted by Crippen LogP contribution is 2.05. The molecule has 0 fully saturated rings. The minimum Gasteiger partial charge on any atom is -0.384 e. The number of aromatic nitrogens is 3. The first kappa shape index (κ1) is 14.2. The summed E-state index contributed by atoms with van der Waals surface area (Å²) in [4.78, 5) is 12.3. The van der Waals surface area contributed by atoms with Crippen LogP contribution in [0.25, 0.3) is 0 Å². The predicted octanol–water partition coefficient (Wildman–Crippen LogP) is 1.93. The minimum absolute atomic E-state index is 0.500. The molecule has 0 bridgehead atoms. The molecule has 2 heterocycles. The molecule has 0 aliphatic rings. The van der Waals surface area contributed by atoms with E-state index in [1.54, 1.807) is 19.6 Å². The highest BCUT2D eigenvalue weighted by atomic mass is 16.5. The van der Waals surface area contributed by atoms with Gasteiger partial charge in [0.25, 0.3) is 0 Å². The summed E-state index contributed by atoms with van der Waals surface area (Å²) >= 11 is 0. The SMILES string of the molecule is COCc1cc(NCCCNc2cccnc2)ncn1. The number of hydrogen-bond acceptors (Lipinski definition) is 6. The second-order valence-corrected chi connectivity index (χ2v) is 4.28. The van der Waals surface area contributed by atoms with Gasteiger partial charge in [-0.3, -0.25) is 4.98 Å². The summed E-state index contributed by atoms with van der Waals surface area (Å²) in [6.07, 6.45) is 6.11. The van der Waals surface area contributed by atoms with Crippen molar-refractivity contribution in [1.82, 2.24) is 15.0 Å². The van der Waals surface area contributed by atoms with E-state index in [2.05, 4.69) is 25.6 Å². The van der Waals surface area contributed by atoms with Crippen molar-refractivity contribution in [3.05, 3.63) is 42.6 Å². The lowest BCUT2D eigenvalue weighted by Crippen LogP contribution is -2.10. The maximum absolute atomic E-state index is 5.04. The van der Waals surface area contributed by atoms with Gasteiger partial charge >= 0.3 is 0 Å². The molecule has 0 aliphatic heterocycles. The van der Waals surface area contributed by atoms with Crippen LogP contribution in [0.3, 0.4) is 0 Å². The molecule has 0 atom stereocenters. The average molecular weight is 273 g/mol. The third kappa shape index (κ3) is 4.81. The van der Waals surface area contributed by atoms with Crippen molar-refractivity contribution in [2.45, 2.75) is 13.0 Å². The lowest BCUT2D eigenvalue weighted by atomic mass is 10.3. The summed E-state index contributed by atoms with van der Waals surface area (Å²) in [7, 11) is 1.65. The average Bonchev–Trinajstić information content (AvgIpc) is 2.49. The van der Waals surface area contributed by atoms with Crippen molar-refractivity contribution < 1.29 is 4.74 Å². The third-order valence-electron chi connectivity index (χ3n) is 2.67. The number of anilines is 2. The van der Waals surface area contributed by atoms with Crippen LogP contribution in [0.15, 0.2) is 36.9 Å². The van der Waals surface area contributed by atoms with Crippen LogP contribution in [-0.4, -0.2) is 35.2 Å². The molecule has 2 aromatic heterocycles. The summed E-state index contributed by atoms with van der Waals surface area (Å²) in [6.45, 7) is 2.23. The van der Waals surface area contributed by atoms with Crippen molar-refractivity contribution in [2.75, 3.05) is 30.8 Å². The molecule has 0 amide bonds. The molecule has 0 aliphatic carbocycles. The highest BCUT2D eigenvalue weighted by molar-refractivity contribution is 5.39. The van der Waals surface area contributed by atoms with Crippen LogP contribution < -0.4 is 10.6 Å². The first-order valence-corrected chi connectivity index (χ1v) is 6.56. The van der Waals surface area contributed by atoms with Gasteiger partial charge in [0, 0.05) is 38.7 Å². The van der Waals surface area contributed by atoms with Gasteiger partial charge in [-0.2, -0.15) is 0 Å². The fourth-order valence-corrected chi connectivity index (χ4v) is 1.73. The standard InChI is InChI=1S/C14H19N5O/c1-20-10-13-8-14(19-11-18-13)17-7-3-6-16-12-4-2-5-15-9-12/h2,4-5,8-9,11,16H,3,6-7,10H2,1H3,(H,17,18,19). The van der Waals surface area contributed by atoms with Crippen molar-refractivity contribution in [3.63, 3.8) is 0 Å². The zero-order chi connectivity index (χ0) is 14.0. The number of hydrogen-bond donors (Lipinski definition) is 2. The van der Waals surface area contributed by atoms with Crippen LogP contribution in [0, 0.1) is 0 Å². The van der Waals surface area contributed by atoms with Gasteiger partial charge in [-0.1, -0.05) is 0 Å². The summed E-state index contributed by atoms with van der Waals surface area (Å²) in [5.41, 5.74) is 1.91. The second kappa shape index (κ2) is 8.06. The topological polar surface area (TPSA) is 72.0 Å². The van der Waals surface area contributed by atoms with Crippen molar-refractivity contribution >= 4 is 11.5 Å². The molecule has 106 valence electrons. The highest BCUT2D eigenvalue weighted by Gasteiger charge is 1.98. The second-order valence-electron chi connectivity index (χ2n) is 4.28. The number of methoxy groups -OCH3 is 1. The normalized spacial score (nSPS) is 10.2. The third-order valence-corrected chi connectivity index (χ3v) is 2.67. The molecule has 6 heteroatoms. The Labute approximate surface area is 118 Å². The van der Waals surface area contributed by atoms with Gasteiger partial charge in [0.1, 0.15) is 12.1 Å². The van der Waals surface area contributed by atoms with Gasteiger partial charge in [-0.15, -0.1) is 0 Å². The summed E-state index contributed by atoms with van der Waals surface area (Å²) in [5.74, 6) is 0.827. The number of rotatable bonds is 8. The van der Waals surface area contributed by atoms with Gasteiger partial charge in [-0.25, -0.2) is 9.97 Å². The van der Waals surface area contributed by atoms with E-state index in [4.69, 9.17) is 4.74 Å². The molecular weight excluding hydrogens is 254 g/mol. The molecule has 2 N–H and O–H groups in total. The van der Waals surface area contributed by atoms with Gasteiger partial charge in [-0.05, 0) is 18.6 Å². The molecule has 0 aromatic carbocycles. The number of ether oxygens (including phenoxy) is 1. The number of pyridine rings is 1. The molecule has 0 unspecified atom stereocenters. The van der Waals surface area contributed by atoms with Crippen LogP contribution in [0.2, 0.25) is 0 Å². The van der Waals surface area contributed by atoms with E-state index in [9.17, 15) is 0 Å².